The van der Waals surface area contributed by atoms with E-state index in [1.807, 2.05) is 36.6 Å². The van der Waals surface area contributed by atoms with Gasteiger partial charge in [0.05, 0.1) is 34.0 Å². The Morgan fingerprint density at radius 2 is 1.77 bits per heavy atom. The molecule has 2 aromatic carbocycles. The maximum Gasteiger partial charge on any atom is 0.227 e. The highest BCUT2D eigenvalue weighted by atomic mass is 16.5. The average Bonchev–Trinajstić information content (AvgIpc) is 3.61. The van der Waals surface area contributed by atoms with Gasteiger partial charge in [0.15, 0.2) is 5.71 Å². The minimum absolute atomic E-state index is 0.0191. The Hall–Kier alpha value is -4.24. The van der Waals surface area contributed by atoms with Crippen molar-refractivity contribution in [2.24, 2.45) is 23.3 Å². The first kappa shape index (κ1) is 24.8. The first-order valence-electron chi connectivity index (χ1n) is 14.0. The van der Waals surface area contributed by atoms with Gasteiger partial charge in [-0.1, -0.05) is 41.6 Å². The Balaban J connectivity index is 1.54. The van der Waals surface area contributed by atoms with E-state index < -0.39 is 0 Å². The van der Waals surface area contributed by atoms with Gasteiger partial charge < -0.3 is 9.30 Å². The summed E-state index contributed by atoms with van der Waals surface area (Å²) in [5, 5.41) is 18.4. The van der Waals surface area contributed by atoms with E-state index in [-0.39, 0.29) is 12.1 Å². The molecule has 0 amide bonds. The van der Waals surface area contributed by atoms with E-state index in [9.17, 15) is 0 Å². The normalized spacial score (nSPS) is 18.9. The summed E-state index contributed by atoms with van der Waals surface area (Å²) in [5.74, 6) is 0.424. The van der Waals surface area contributed by atoms with E-state index in [1.165, 1.54) is 5.56 Å². The monoisotopic (exact) mass is 533 g/mol. The summed E-state index contributed by atoms with van der Waals surface area (Å²) in [4.78, 5) is 5.09. The topological polar surface area (TPSA) is 85.5 Å². The van der Waals surface area contributed by atoms with Crippen molar-refractivity contribution in [3.63, 3.8) is 0 Å². The zero-order valence-electron chi connectivity index (χ0n) is 23.3. The number of aromatic nitrogens is 5. The minimum atomic E-state index is -0.0191. The quantitative estimate of drug-likeness (QED) is 0.279. The van der Waals surface area contributed by atoms with Crippen LogP contribution in [0.5, 0.6) is 0 Å². The summed E-state index contributed by atoms with van der Waals surface area (Å²) in [6.07, 6.45) is 3.99. The molecule has 9 nitrogen and oxygen atoms in total. The Labute approximate surface area is 232 Å². The molecule has 7 rings (SSSR count). The van der Waals surface area contributed by atoms with E-state index in [1.54, 1.807) is 0 Å². The molecule has 0 saturated carbocycles. The molecule has 0 radical (unpaired) electrons. The predicted molar refractivity (Wildman–Crippen MR) is 155 cm³/mol. The number of aryl methyl sites for hydroxylation is 2. The van der Waals surface area contributed by atoms with Crippen molar-refractivity contribution in [2.45, 2.75) is 38.8 Å². The van der Waals surface area contributed by atoms with Crippen LogP contribution in [0.15, 0.2) is 71.1 Å². The first-order chi connectivity index (χ1) is 19.5. The molecule has 1 fully saturated rings. The van der Waals surface area contributed by atoms with Gasteiger partial charge in [0.25, 0.3) is 0 Å². The van der Waals surface area contributed by atoms with Gasteiger partial charge in [0.1, 0.15) is 12.3 Å². The summed E-state index contributed by atoms with van der Waals surface area (Å²) < 4.78 is 12.1. The van der Waals surface area contributed by atoms with E-state index >= 15 is 0 Å². The van der Waals surface area contributed by atoms with Gasteiger partial charge in [-0.2, -0.15) is 0 Å². The standard InChI is InChI=1S/C31H33N8O/c1-19-29(37(3)35-33-19)23-10-11-25-26(16-23)39(31(21-8-6-5-7-9-21)22-12-14-40-15-13-22)27-17-24(18-32-28(25)27)30-20(2)34-36-38(30)4/h5-11,16-18,20,22,31H,12-15H2,1-4H3/q+1/t20?,31-/m1/s1. The smallest absolute Gasteiger partial charge is 0.227 e. The van der Waals surface area contributed by atoms with Crippen LogP contribution >= 0.6 is 0 Å². The molecule has 1 saturated heterocycles. The van der Waals surface area contributed by atoms with Crippen LogP contribution in [-0.2, 0) is 11.8 Å². The number of hydrogen-bond donors (Lipinski definition) is 0. The third kappa shape index (κ3) is 3.95. The second-order valence-electron chi connectivity index (χ2n) is 10.9. The summed E-state index contributed by atoms with van der Waals surface area (Å²) in [6, 6.07) is 19.9. The van der Waals surface area contributed by atoms with Crippen LogP contribution in [0.2, 0.25) is 0 Å². The fourth-order valence-electron chi connectivity index (χ4n) is 6.62. The number of ether oxygens (including phenoxy) is 1. The molecule has 0 spiro atoms. The van der Waals surface area contributed by atoms with Gasteiger partial charge in [-0.15, -0.1) is 9.78 Å². The molecular formula is C31H33N8O+. The van der Waals surface area contributed by atoms with Crippen LogP contribution < -0.4 is 0 Å². The van der Waals surface area contributed by atoms with Crippen molar-refractivity contribution in [3.8, 4) is 11.3 Å². The summed E-state index contributed by atoms with van der Waals surface area (Å²) in [6.45, 7) is 5.65. The maximum absolute atomic E-state index is 5.81. The maximum atomic E-state index is 5.81. The number of fused-ring (bicyclic) bond motifs is 3. The number of rotatable bonds is 5. The van der Waals surface area contributed by atoms with E-state index in [0.717, 1.165) is 76.2 Å². The van der Waals surface area contributed by atoms with Gasteiger partial charge >= 0.3 is 0 Å². The molecule has 0 aliphatic carbocycles. The van der Waals surface area contributed by atoms with Gasteiger partial charge in [0.2, 0.25) is 6.04 Å². The van der Waals surface area contributed by atoms with Crippen molar-refractivity contribution < 1.29 is 9.42 Å². The third-order valence-electron chi connectivity index (χ3n) is 8.44. The highest BCUT2D eigenvalue weighted by Crippen LogP contribution is 2.41. The molecular weight excluding hydrogens is 500 g/mol. The lowest BCUT2D eigenvalue weighted by Crippen LogP contribution is -2.27. The van der Waals surface area contributed by atoms with Crippen LogP contribution in [0.25, 0.3) is 33.2 Å². The van der Waals surface area contributed by atoms with Crippen molar-refractivity contribution >= 4 is 27.6 Å². The lowest BCUT2D eigenvalue weighted by Gasteiger charge is -2.33. The molecule has 9 heteroatoms. The Morgan fingerprint density at radius 3 is 2.48 bits per heavy atom. The third-order valence-corrected chi connectivity index (χ3v) is 8.44. The second-order valence-corrected chi connectivity index (χ2v) is 10.9. The Bertz CT molecular complexity index is 1770. The summed E-state index contributed by atoms with van der Waals surface area (Å²) in [5.41, 5.74) is 9.71. The molecule has 2 aliphatic heterocycles. The average molecular weight is 534 g/mol. The van der Waals surface area contributed by atoms with Crippen LogP contribution in [-0.4, -0.2) is 61.2 Å². The first-order valence-corrected chi connectivity index (χ1v) is 14.0. The molecule has 40 heavy (non-hydrogen) atoms. The summed E-state index contributed by atoms with van der Waals surface area (Å²) >= 11 is 0. The van der Waals surface area contributed by atoms with Gasteiger partial charge in [0, 0.05) is 48.1 Å². The van der Waals surface area contributed by atoms with Crippen LogP contribution in [0, 0.1) is 12.8 Å². The van der Waals surface area contributed by atoms with E-state index in [2.05, 4.69) is 86.7 Å². The Kier molecular flexibility index (Phi) is 6.04. The molecule has 5 heterocycles. The van der Waals surface area contributed by atoms with Crippen LogP contribution in [0.3, 0.4) is 0 Å². The minimum Gasteiger partial charge on any atom is -0.381 e. The molecule has 1 unspecified atom stereocenters. The second kappa shape index (κ2) is 9.75. The Morgan fingerprint density at radius 1 is 1.00 bits per heavy atom. The largest absolute Gasteiger partial charge is 0.381 e. The SMILES string of the molecule is Cc1nnn(C)c1-c1ccc2c3ncc(C4=[N+](C)N=NC4C)cc3n([C@H](c3ccccc3)C3CCOCC3)c2c1. The van der Waals surface area contributed by atoms with Crippen LogP contribution in [0.4, 0.5) is 0 Å². The number of hydrogen-bond acceptors (Lipinski definition) is 6. The van der Waals surface area contributed by atoms with Crippen LogP contribution in [0.1, 0.15) is 42.6 Å². The molecule has 2 aliphatic rings. The van der Waals surface area contributed by atoms with Gasteiger partial charge in [-0.05, 0) is 56.4 Å². The highest BCUT2D eigenvalue weighted by molar-refractivity contribution is 6.10. The number of benzene rings is 2. The fraction of sp³-hybridized carbons (Fsp3) is 0.355. The predicted octanol–water partition coefficient (Wildman–Crippen LogP) is 5.51. The van der Waals surface area contributed by atoms with Crippen molar-refractivity contribution in [1.29, 1.82) is 0 Å². The molecule has 3 aromatic heterocycles. The van der Waals surface area contributed by atoms with E-state index in [4.69, 9.17) is 9.72 Å². The molecule has 5 aromatic rings. The molecule has 0 N–H and O–H groups in total. The number of pyridine rings is 1. The molecule has 202 valence electrons. The van der Waals surface area contributed by atoms with Crippen molar-refractivity contribution in [2.75, 3.05) is 20.3 Å². The summed E-state index contributed by atoms with van der Waals surface area (Å²) in [7, 11) is 3.90. The zero-order valence-corrected chi connectivity index (χ0v) is 23.3. The lowest BCUT2D eigenvalue weighted by molar-refractivity contribution is -0.505. The van der Waals surface area contributed by atoms with Crippen molar-refractivity contribution in [3.05, 3.63) is 77.6 Å². The molecule has 2 atom stereocenters. The molecule has 0 bridgehead atoms. The van der Waals surface area contributed by atoms with Gasteiger partial charge in [-0.3, -0.25) is 4.98 Å². The van der Waals surface area contributed by atoms with Gasteiger partial charge in [-0.25, -0.2) is 4.68 Å². The fourth-order valence-corrected chi connectivity index (χ4v) is 6.62. The number of nitrogens with zero attached hydrogens (tertiary/aromatic N) is 8. The van der Waals surface area contributed by atoms with E-state index in [0.29, 0.717) is 5.92 Å². The van der Waals surface area contributed by atoms with Crippen molar-refractivity contribution in [1.82, 2.24) is 24.5 Å². The lowest BCUT2D eigenvalue weighted by atomic mass is 9.86. The zero-order chi connectivity index (χ0) is 27.4. The highest BCUT2D eigenvalue weighted by Gasteiger charge is 2.33.